The maximum Gasteiger partial charge on any atom is 0.243 e. The number of thiophene rings is 1. The SMILES string of the molecule is CN(CC(=O)Nc1ccc(N2CCOCC2)cc1)C(=O)CCc1nc(-c2ccsc2)no1. The number of aromatic nitrogens is 2. The predicted molar refractivity (Wildman–Crippen MR) is 122 cm³/mol. The molecule has 10 heteroatoms. The highest BCUT2D eigenvalue weighted by atomic mass is 32.1. The number of nitrogens with zero attached hydrogens (tertiary/aromatic N) is 4. The number of hydrogen-bond acceptors (Lipinski definition) is 8. The van der Waals surface area contributed by atoms with Crippen LogP contribution in [-0.4, -0.2) is 66.8 Å². The van der Waals surface area contributed by atoms with Crippen molar-refractivity contribution < 1.29 is 18.8 Å². The molecule has 0 spiro atoms. The molecule has 4 rings (SSSR count). The fourth-order valence-corrected chi connectivity index (χ4v) is 3.99. The van der Waals surface area contributed by atoms with Crippen molar-refractivity contribution in [2.45, 2.75) is 12.8 Å². The van der Waals surface area contributed by atoms with Gasteiger partial charge in [0.1, 0.15) is 0 Å². The van der Waals surface area contributed by atoms with Crippen LogP contribution in [0.1, 0.15) is 12.3 Å². The molecule has 9 nitrogen and oxygen atoms in total. The van der Waals surface area contributed by atoms with Crippen molar-refractivity contribution in [2.75, 3.05) is 50.1 Å². The molecule has 0 bridgehead atoms. The first-order valence-electron chi connectivity index (χ1n) is 10.4. The maximum atomic E-state index is 12.4. The number of anilines is 2. The van der Waals surface area contributed by atoms with Crippen molar-refractivity contribution in [3.05, 3.63) is 47.0 Å². The summed E-state index contributed by atoms with van der Waals surface area (Å²) in [7, 11) is 1.61. The fraction of sp³-hybridized carbons (Fsp3) is 0.364. The van der Waals surface area contributed by atoms with Crippen LogP contribution in [0.4, 0.5) is 11.4 Å². The summed E-state index contributed by atoms with van der Waals surface area (Å²) in [6.07, 6.45) is 0.508. The Bertz CT molecular complexity index is 1030. The number of carbonyl (C=O) groups is 2. The molecule has 3 heterocycles. The molecule has 0 aliphatic carbocycles. The quantitative estimate of drug-likeness (QED) is 0.557. The molecular weight excluding hydrogens is 430 g/mol. The van der Waals surface area contributed by atoms with Gasteiger partial charge in [0, 0.05) is 55.3 Å². The largest absolute Gasteiger partial charge is 0.378 e. The van der Waals surface area contributed by atoms with E-state index in [1.165, 1.54) is 4.90 Å². The molecule has 0 atom stereocenters. The molecule has 1 N–H and O–H groups in total. The molecule has 0 radical (unpaired) electrons. The predicted octanol–water partition coefficient (Wildman–Crippen LogP) is 2.66. The smallest absolute Gasteiger partial charge is 0.243 e. The number of amides is 2. The summed E-state index contributed by atoms with van der Waals surface area (Å²) in [5.74, 6) is 0.495. The van der Waals surface area contributed by atoms with Crippen LogP contribution in [0.15, 0.2) is 45.6 Å². The van der Waals surface area contributed by atoms with Crippen molar-refractivity contribution in [3.8, 4) is 11.4 Å². The standard InChI is InChI=1S/C22H25N5O4S/c1-26(21(29)7-6-20-24-22(25-31-20)16-8-13-32-15-16)14-19(28)23-17-2-4-18(5-3-17)27-9-11-30-12-10-27/h2-5,8,13,15H,6-7,9-12,14H2,1H3,(H,23,28). The lowest BCUT2D eigenvalue weighted by molar-refractivity contribution is -0.133. The average Bonchev–Trinajstić information content (AvgIpc) is 3.50. The molecule has 168 valence electrons. The van der Waals surface area contributed by atoms with Crippen molar-refractivity contribution in [3.63, 3.8) is 0 Å². The van der Waals surface area contributed by atoms with Gasteiger partial charge in [0.15, 0.2) is 0 Å². The van der Waals surface area contributed by atoms with E-state index >= 15 is 0 Å². The van der Waals surface area contributed by atoms with Crippen LogP contribution in [0.25, 0.3) is 11.4 Å². The van der Waals surface area contributed by atoms with E-state index in [0.717, 1.165) is 37.6 Å². The summed E-state index contributed by atoms with van der Waals surface area (Å²) >= 11 is 1.55. The monoisotopic (exact) mass is 455 g/mol. The molecule has 0 saturated carbocycles. The third kappa shape index (κ3) is 5.71. The van der Waals surface area contributed by atoms with Gasteiger partial charge in [-0.05, 0) is 35.7 Å². The van der Waals surface area contributed by atoms with Gasteiger partial charge >= 0.3 is 0 Å². The molecular formula is C22H25N5O4S. The van der Waals surface area contributed by atoms with E-state index in [9.17, 15) is 9.59 Å². The number of ether oxygens (including phenoxy) is 1. The minimum absolute atomic E-state index is 0.0337. The summed E-state index contributed by atoms with van der Waals surface area (Å²) in [6.45, 7) is 3.13. The number of hydrogen-bond donors (Lipinski definition) is 1. The van der Waals surface area contributed by atoms with Gasteiger partial charge in [-0.3, -0.25) is 9.59 Å². The lowest BCUT2D eigenvalue weighted by Crippen LogP contribution is -2.36. The number of benzene rings is 1. The third-order valence-electron chi connectivity index (χ3n) is 5.13. The molecule has 1 aliphatic rings. The molecule has 1 saturated heterocycles. The van der Waals surface area contributed by atoms with E-state index < -0.39 is 0 Å². The Morgan fingerprint density at radius 2 is 1.97 bits per heavy atom. The first-order chi connectivity index (χ1) is 15.6. The Morgan fingerprint density at radius 3 is 2.69 bits per heavy atom. The highest BCUT2D eigenvalue weighted by Crippen LogP contribution is 2.20. The maximum absolute atomic E-state index is 12.4. The minimum atomic E-state index is -0.252. The summed E-state index contributed by atoms with van der Waals surface area (Å²) in [5, 5.41) is 10.6. The Labute approximate surface area is 190 Å². The Balaban J connectivity index is 1.22. The van der Waals surface area contributed by atoms with Gasteiger partial charge in [0.2, 0.25) is 23.5 Å². The van der Waals surface area contributed by atoms with E-state index in [0.29, 0.717) is 23.8 Å². The molecule has 2 amide bonds. The van der Waals surface area contributed by atoms with Crippen LogP contribution in [0.5, 0.6) is 0 Å². The first-order valence-corrected chi connectivity index (χ1v) is 11.3. The van der Waals surface area contributed by atoms with E-state index in [4.69, 9.17) is 9.26 Å². The van der Waals surface area contributed by atoms with Gasteiger partial charge in [-0.15, -0.1) is 0 Å². The lowest BCUT2D eigenvalue weighted by atomic mass is 10.2. The summed E-state index contributed by atoms with van der Waals surface area (Å²) in [6, 6.07) is 9.60. The van der Waals surface area contributed by atoms with Crippen LogP contribution in [0, 0.1) is 0 Å². The number of morpholine rings is 1. The number of rotatable bonds is 8. The van der Waals surface area contributed by atoms with Crippen molar-refractivity contribution in [1.29, 1.82) is 0 Å². The molecule has 0 unspecified atom stereocenters. The number of nitrogens with one attached hydrogen (secondary N) is 1. The fourth-order valence-electron chi connectivity index (χ4n) is 3.35. The Morgan fingerprint density at radius 1 is 1.19 bits per heavy atom. The topological polar surface area (TPSA) is 101 Å². The second kappa shape index (κ2) is 10.4. The van der Waals surface area contributed by atoms with Gasteiger partial charge in [-0.2, -0.15) is 16.3 Å². The highest BCUT2D eigenvalue weighted by molar-refractivity contribution is 7.08. The normalized spacial score (nSPS) is 13.7. The number of likely N-dealkylation sites (N-methyl/N-ethyl adjacent to an activating group) is 1. The second-order valence-electron chi connectivity index (χ2n) is 7.47. The highest BCUT2D eigenvalue weighted by Gasteiger charge is 2.16. The Kier molecular flexibility index (Phi) is 7.13. The van der Waals surface area contributed by atoms with E-state index in [1.54, 1.807) is 18.4 Å². The van der Waals surface area contributed by atoms with Gasteiger partial charge in [0.05, 0.1) is 19.8 Å². The zero-order valence-electron chi connectivity index (χ0n) is 17.8. The molecule has 2 aromatic heterocycles. The molecule has 1 aliphatic heterocycles. The van der Waals surface area contributed by atoms with Crippen LogP contribution < -0.4 is 10.2 Å². The number of aryl methyl sites for hydroxylation is 1. The van der Waals surface area contributed by atoms with Crippen molar-refractivity contribution in [1.82, 2.24) is 15.0 Å². The minimum Gasteiger partial charge on any atom is -0.378 e. The summed E-state index contributed by atoms with van der Waals surface area (Å²) in [4.78, 5) is 32.7. The van der Waals surface area contributed by atoms with Crippen molar-refractivity contribution in [2.24, 2.45) is 0 Å². The third-order valence-corrected chi connectivity index (χ3v) is 5.82. The van der Waals surface area contributed by atoms with E-state index in [2.05, 4.69) is 20.4 Å². The zero-order valence-corrected chi connectivity index (χ0v) is 18.6. The molecule has 1 aromatic carbocycles. The van der Waals surface area contributed by atoms with Crippen LogP contribution in [-0.2, 0) is 20.7 Å². The molecule has 1 fully saturated rings. The lowest BCUT2D eigenvalue weighted by Gasteiger charge is -2.28. The molecule has 3 aromatic rings. The number of carbonyl (C=O) groups excluding carboxylic acids is 2. The van der Waals surface area contributed by atoms with Crippen LogP contribution >= 0.6 is 11.3 Å². The van der Waals surface area contributed by atoms with Crippen LogP contribution in [0.2, 0.25) is 0 Å². The second-order valence-corrected chi connectivity index (χ2v) is 8.25. The first kappa shape index (κ1) is 22.0. The summed E-state index contributed by atoms with van der Waals surface area (Å²) < 4.78 is 10.6. The average molecular weight is 456 g/mol. The van der Waals surface area contributed by atoms with Crippen molar-refractivity contribution >= 4 is 34.5 Å². The zero-order chi connectivity index (χ0) is 22.3. The summed E-state index contributed by atoms with van der Waals surface area (Å²) in [5.41, 5.74) is 2.68. The van der Waals surface area contributed by atoms with Gasteiger partial charge in [-0.25, -0.2) is 0 Å². The molecule has 32 heavy (non-hydrogen) atoms. The van der Waals surface area contributed by atoms with E-state index in [-0.39, 0.29) is 24.8 Å². The van der Waals surface area contributed by atoms with Gasteiger partial charge < -0.3 is 24.4 Å². The van der Waals surface area contributed by atoms with E-state index in [1.807, 2.05) is 41.1 Å². The van der Waals surface area contributed by atoms with Crippen LogP contribution in [0.3, 0.4) is 0 Å². The Hall–Kier alpha value is -3.24. The van der Waals surface area contributed by atoms with Gasteiger partial charge in [-0.1, -0.05) is 5.16 Å². The van der Waals surface area contributed by atoms with Gasteiger partial charge in [0.25, 0.3) is 0 Å².